The summed E-state index contributed by atoms with van der Waals surface area (Å²) in [6.45, 7) is 7.98. The highest BCUT2D eigenvalue weighted by Gasteiger charge is 2.30. The van der Waals surface area contributed by atoms with Crippen LogP contribution in [-0.4, -0.2) is 45.0 Å². The molecular formula is C26H29F3N6O. The Morgan fingerprint density at radius 3 is 2.58 bits per heavy atom. The number of aryl methyl sites for hydroxylation is 1. The molecule has 0 radical (unpaired) electrons. The number of benzene rings is 1. The molecule has 1 atom stereocenters. The summed E-state index contributed by atoms with van der Waals surface area (Å²) in [7, 11) is 0. The van der Waals surface area contributed by atoms with Crippen molar-refractivity contribution in [2.45, 2.75) is 58.5 Å². The first-order chi connectivity index (χ1) is 17.2. The van der Waals surface area contributed by atoms with Crippen LogP contribution >= 0.6 is 0 Å². The summed E-state index contributed by atoms with van der Waals surface area (Å²) >= 11 is 0. The summed E-state index contributed by atoms with van der Waals surface area (Å²) in [6.07, 6.45) is -1.20. The number of hydrogen-bond donors (Lipinski definition) is 1. The first-order valence-electron chi connectivity index (χ1n) is 12.3. The molecule has 1 aromatic carbocycles. The summed E-state index contributed by atoms with van der Waals surface area (Å²) in [5.41, 5.74) is 1.76. The van der Waals surface area contributed by atoms with Crippen molar-refractivity contribution in [1.82, 2.24) is 19.4 Å². The third-order valence-corrected chi connectivity index (χ3v) is 7.18. The van der Waals surface area contributed by atoms with Gasteiger partial charge in [-0.15, -0.1) is 0 Å². The Morgan fingerprint density at radius 2 is 1.89 bits per heavy atom. The van der Waals surface area contributed by atoms with E-state index in [-0.39, 0.29) is 17.4 Å². The molecule has 36 heavy (non-hydrogen) atoms. The molecule has 190 valence electrons. The normalized spacial score (nSPS) is 17.5. The van der Waals surface area contributed by atoms with Crippen molar-refractivity contribution < 1.29 is 18.0 Å². The second kappa shape index (κ2) is 9.55. The predicted molar refractivity (Wildman–Crippen MR) is 129 cm³/mol. The molecule has 1 saturated heterocycles. The van der Waals surface area contributed by atoms with Crippen molar-refractivity contribution in [3.8, 4) is 11.4 Å². The zero-order chi connectivity index (χ0) is 25.6. The van der Waals surface area contributed by atoms with E-state index in [1.165, 1.54) is 12.1 Å². The van der Waals surface area contributed by atoms with E-state index in [0.717, 1.165) is 54.8 Å². The van der Waals surface area contributed by atoms with Crippen LogP contribution in [0.3, 0.4) is 0 Å². The van der Waals surface area contributed by atoms with Gasteiger partial charge in [0.2, 0.25) is 5.91 Å². The summed E-state index contributed by atoms with van der Waals surface area (Å²) in [5.74, 6) is 1.70. The van der Waals surface area contributed by atoms with E-state index in [2.05, 4.69) is 20.9 Å². The standard InChI is InChI=1S/C26H29F3N6O/c1-14(18-5-4-6-19(22(18)27)23(28)29)31-24-21-13-20(17-7-10-34(11-8-17)16(3)36)25-30-9-12-35(25)26(21)33-15(2)32-24/h4-6,13-14,17,23,30H,7-12H2,1-3H3. The number of alkyl halides is 2. The van der Waals surface area contributed by atoms with E-state index in [1.807, 2.05) is 4.90 Å². The van der Waals surface area contributed by atoms with Crippen LogP contribution in [0.2, 0.25) is 0 Å². The molecule has 0 aliphatic carbocycles. The van der Waals surface area contributed by atoms with E-state index < -0.39 is 23.8 Å². The number of amides is 1. The van der Waals surface area contributed by atoms with Crippen LogP contribution in [0, 0.1) is 12.7 Å². The third kappa shape index (κ3) is 4.33. The number of nitrogens with zero attached hydrogens (tertiary/aromatic N) is 5. The first kappa shape index (κ1) is 24.3. The number of carbonyl (C=O) groups excluding carboxylic acids is 1. The van der Waals surface area contributed by atoms with Crippen LogP contribution in [0.15, 0.2) is 29.3 Å². The first-order valence-corrected chi connectivity index (χ1v) is 12.3. The van der Waals surface area contributed by atoms with E-state index in [1.54, 1.807) is 20.8 Å². The maximum absolute atomic E-state index is 14.8. The average Bonchev–Trinajstić information content (AvgIpc) is 3.34. The Labute approximate surface area is 207 Å². The molecular weight excluding hydrogens is 469 g/mol. The Morgan fingerprint density at radius 1 is 1.17 bits per heavy atom. The van der Waals surface area contributed by atoms with Crippen LogP contribution < -0.4 is 10.8 Å². The van der Waals surface area contributed by atoms with Crippen LogP contribution in [0.1, 0.15) is 67.6 Å². The monoisotopic (exact) mass is 498 g/mol. The molecule has 5 rings (SSSR count). The Hall–Kier alpha value is -3.43. The quantitative estimate of drug-likeness (QED) is 0.571. The maximum Gasteiger partial charge on any atom is 0.266 e. The van der Waals surface area contributed by atoms with Crippen molar-refractivity contribution in [1.29, 1.82) is 0 Å². The van der Waals surface area contributed by atoms with E-state index in [0.29, 0.717) is 24.4 Å². The molecule has 4 aliphatic heterocycles. The molecule has 0 aromatic heterocycles. The Balaban J connectivity index is 1.61. The molecule has 0 spiro atoms. The van der Waals surface area contributed by atoms with Crippen molar-refractivity contribution >= 4 is 11.7 Å². The van der Waals surface area contributed by atoms with Gasteiger partial charge in [0.25, 0.3) is 6.43 Å². The molecule has 0 saturated carbocycles. The van der Waals surface area contributed by atoms with Crippen molar-refractivity contribution in [2.75, 3.05) is 25.0 Å². The highest BCUT2D eigenvalue weighted by atomic mass is 19.3. The topological polar surface area (TPSA) is 75.4 Å². The van der Waals surface area contributed by atoms with Gasteiger partial charge < -0.3 is 14.8 Å². The molecule has 1 N–H and O–H groups in total. The fourth-order valence-electron chi connectivity index (χ4n) is 5.30. The van der Waals surface area contributed by atoms with Gasteiger partial charge in [0.15, 0.2) is 5.49 Å². The number of fused-ring (bicyclic) bond motifs is 3. The summed E-state index contributed by atoms with van der Waals surface area (Å²) in [4.78, 5) is 27.6. The fourth-order valence-corrected chi connectivity index (χ4v) is 5.30. The number of nitrogens with one attached hydrogen (secondary N) is 1. The number of halogens is 3. The van der Waals surface area contributed by atoms with Crippen molar-refractivity contribution in [2.24, 2.45) is 4.99 Å². The SMILES string of the molecule is CC(=O)N1CCC(c2cc3c(=NC(C)c4cccc(C(F)F)c4F)nc(C)nc-3n3c2NCC3)CC1. The van der Waals surface area contributed by atoms with Crippen LogP contribution in [0.4, 0.5) is 19.0 Å². The number of piperidine rings is 1. The number of rotatable bonds is 4. The molecule has 1 unspecified atom stereocenters. The number of anilines is 1. The minimum atomic E-state index is -2.90. The van der Waals surface area contributed by atoms with Crippen LogP contribution in [0.25, 0.3) is 11.4 Å². The molecule has 10 heteroatoms. The van der Waals surface area contributed by atoms with E-state index in [4.69, 9.17) is 9.98 Å². The minimum absolute atomic E-state index is 0.0896. The largest absolute Gasteiger partial charge is 0.369 e. The number of aromatic nitrogens is 3. The van der Waals surface area contributed by atoms with Gasteiger partial charge in [-0.3, -0.25) is 9.79 Å². The molecule has 4 heterocycles. The number of pyridine rings is 1. The van der Waals surface area contributed by atoms with Crippen molar-refractivity contribution in [3.05, 3.63) is 58.1 Å². The number of likely N-dealkylation sites (tertiary alicyclic amines) is 1. The van der Waals surface area contributed by atoms with Gasteiger partial charge >= 0.3 is 0 Å². The minimum Gasteiger partial charge on any atom is -0.369 e. The van der Waals surface area contributed by atoms with Crippen LogP contribution in [-0.2, 0) is 11.3 Å². The molecule has 0 bridgehead atoms. The summed E-state index contributed by atoms with van der Waals surface area (Å²) in [6, 6.07) is 5.34. The molecule has 4 aliphatic rings. The molecule has 1 aromatic rings. The predicted octanol–water partition coefficient (Wildman–Crippen LogP) is 4.58. The second-order valence-corrected chi connectivity index (χ2v) is 9.49. The lowest BCUT2D eigenvalue weighted by atomic mass is 9.88. The van der Waals surface area contributed by atoms with Crippen LogP contribution in [0.5, 0.6) is 0 Å². The number of carbonyl (C=O) groups is 1. The van der Waals surface area contributed by atoms with Gasteiger partial charge in [-0.25, -0.2) is 23.1 Å². The number of hydrogen-bond acceptors (Lipinski definition) is 5. The maximum atomic E-state index is 14.8. The average molecular weight is 499 g/mol. The van der Waals surface area contributed by atoms with Gasteiger partial charge in [0, 0.05) is 38.7 Å². The summed E-state index contributed by atoms with van der Waals surface area (Å²) < 4.78 is 43.5. The zero-order valence-electron chi connectivity index (χ0n) is 20.6. The van der Waals surface area contributed by atoms with Gasteiger partial charge in [-0.1, -0.05) is 18.2 Å². The fraction of sp³-hybridized carbons (Fsp3) is 0.462. The Kier molecular flexibility index (Phi) is 6.44. The van der Waals surface area contributed by atoms with E-state index in [9.17, 15) is 18.0 Å². The highest BCUT2D eigenvalue weighted by molar-refractivity contribution is 5.73. The van der Waals surface area contributed by atoms with Gasteiger partial charge in [-0.05, 0) is 44.2 Å². The van der Waals surface area contributed by atoms with Gasteiger partial charge in [0.1, 0.15) is 23.3 Å². The third-order valence-electron chi connectivity index (χ3n) is 7.18. The molecule has 7 nitrogen and oxygen atoms in total. The Bertz CT molecular complexity index is 1350. The lowest BCUT2D eigenvalue weighted by molar-refractivity contribution is -0.129. The smallest absolute Gasteiger partial charge is 0.266 e. The molecule has 1 fully saturated rings. The van der Waals surface area contributed by atoms with Crippen molar-refractivity contribution in [3.63, 3.8) is 0 Å². The lowest BCUT2D eigenvalue weighted by Crippen LogP contribution is -2.36. The summed E-state index contributed by atoms with van der Waals surface area (Å²) in [5, 5.41) is 3.49. The second-order valence-electron chi connectivity index (χ2n) is 9.49. The molecule has 1 amide bonds. The van der Waals surface area contributed by atoms with E-state index >= 15 is 0 Å². The zero-order valence-corrected chi connectivity index (χ0v) is 20.6. The highest BCUT2D eigenvalue weighted by Crippen LogP contribution is 2.38. The van der Waals surface area contributed by atoms with Gasteiger partial charge in [0.05, 0.1) is 17.2 Å². The lowest BCUT2D eigenvalue weighted by Gasteiger charge is -2.33. The van der Waals surface area contributed by atoms with Gasteiger partial charge in [-0.2, -0.15) is 0 Å².